The quantitative estimate of drug-likeness (QED) is 0.376. The molecule has 1 atom stereocenters. The zero-order valence-corrected chi connectivity index (χ0v) is 16.8. The number of guanidine groups is 1. The monoisotopic (exact) mass is 474 g/mol. The maximum atomic E-state index is 12.4. The first-order valence-corrected chi connectivity index (χ1v) is 8.15. The summed E-state index contributed by atoms with van der Waals surface area (Å²) in [6.07, 6.45) is -1.63. The second-order valence-corrected chi connectivity index (χ2v) is 6.03. The lowest BCUT2D eigenvalue weighted by Crippen LogP contribution is -2.40. The molecule has 1 saturated heterocycles. The van der Waals surface area contributed by atoms with Crippen molar-refractivity contribution >= 4 is 29.9 Å². The van der Waals surface area contributed by atoms with Crippen molar-refractivity contribution in [3.8, 4) is 0 Å². The predicted molar refractivity (Wildman–Crippen MR) is 102 cm³/mol. The Kier molecular flexibility index (Phi) is 8.97. The first-order valence-electron chi connectivity index (χ1n) is 8.15. The van der Waals surface area contributed by atoms with Crippen LogP contribution in [0.3, 0.4) is 0 Å². The van der Waals surface area contributed by atoms with E-state index in [4.69, 9.17) is 0 Å². The highest BCUT2D eigenvalue weighted by atomic mass is 127. The van der Waals surface area contributed by atoms with Gasteiger partial charge in [0.15, 0.2) is 5.96 Å². The molecule has 10 heteroatoms. The summed E-state index contributed by atoms with van der Waals surface area (Å²) in [6.45, 7) is 3.95. The van der Waals surface area contributed by atoms with E-state index in [2.05, 4.69) is 20.7 Å². The SMILES string of the molecule is CCNC(=NCc1ccnn1C)NCC1CCN(CC(F)(F)F)C1.I. The van der Waals surface area contributed by atoms with Gasteiger partial charge in [-0.15, -0.1) is 24.0 Å². The molecule has 2 heterocycles. The second kappa shape index (κ2) is 10.2. The summed E-state index contributed by atoms with van der Waals surface area (Å²) in [5.41, 5.74) is 0.990. The van der Waals surface area contributed by atoms with E-state index in [1.54, 1.807) is 10.9 Å². The first kappa shape index (κ1) is 22.0. The molecule has 25 heavy (non-hydrogen) atoms. The summed E-state index contributed by atoms with van der Waals surface area (Å²) < 4.78 is 39.0. The summed E-state index contributed by atoms with van der Waals surface area (Å²) >= 11 is 0. The minimum Gasteiger partial charge on any atom is -0.357 e. The minimum absolute atomic E-state index is 0. The number of hydrogen-bond donors (Lipinski definition) is 2. The number of likely N-dealkylation sites (tertiary alicyclic amines) is 1. The van der Waals surface area contributed by atoms with Crippen molar-refractivity contribution in [2.24, 2.45) is 18.0 Å². The van der Waals surface area contributed by atoms with Crippen molar-refractivity contribution in [2.45, 2.75) is 26.1 Å². The Hall–Kier alpha value is -1.04. The third-order valence-electron chi connectivity index (χ3n) is 4.00. The van der Waals surface area contributed by atoms with E-state index in [1.807, 2.05) is 20.0 Å². The van der Waals surface area contributed by atoms with Crippen molar-refractivity contribution < 1.29 is 13.2 Å². The molecule has 1 aliphatic rings. The maximum absolute atomic E-state index is 12.4. The number of rotatable bonds is 6. The van der Waals surface area contributed by atoms with Gasteiger partial charge in [-0.05, 0) is 31.9 Å². The van der Waals surface area contributed by atoms with Gasteiger partial charge in [-0.1, -0.05) is 0 Å². The van der Waals surface area contributed by atoms with Gasteiger partial charge in [-0.25, -0.2) is 4.99 Å². The molecule has 0 aromatic carbocycles. The van der Waals surface area contributed by atoms with Crippen LogP contribution in [0.4, 0.5) is 13.2 Å². The fourth-order valence-electron chi connectivity index (χ4n) is 2.78. The van der Waals surface area contributed by atoms with Crippen LogP contribution in [0, 0.1) is 5.92 Å². The molecular formula is C15H26F3IN6. The van der Waals surface area contributed by atoms with Gasteiger partial charge in [0.2, 0.25) is 0 Å². The topological polar surface area (TPSA) is 57.5 Å². The van der Waals surface area contributed by atoms with E-state index in [1.165, 1.54) is 4.90 Å². The summed E-state index contributed by atoms with van der Waals surface area (Å²) in [5, 5.41) is 10.5. The van der Waals surface area contributed by atoms with Crippen molar-refractivity contribution in [3.05, 3.63) is 18.0 Å². The Labute approximate surface area is 163 Å². The second-order valence-electron chi connectivity index (χ2n) is 6.03. The number of hydrogen-bond acceptors (Lipinski definition) is 3. The van der Waals surface area contributed by atoms with Crippen molar-refractivity contribution in [2.75, 3.05) is 32.7 Å². The lowest BCUT2D eigenvalue weighted by molar-refractivity contribution is -0.143. The Morgan fingerprint density at radius 1 is 1.40 bits per heavy atom. The largest absolute Gasteiger partial charge is 0.401 e. The highest BCUT2D eigenvalue weighted by Crippen LogP contribution is 2.22. The molecule has 0 aliphatic carbocycles. The smallest absolute Gasteiger partial charge is 0.357 e. The van der Waals surface area contributed by atoms with Crippen LogP contribution in [0.2, 0.25) is 0 Å². The van der Waals surface area contributed by atoms with E-state index < -0.39 is 12.7 Å². The fraction of sp³-hybridized carbons (Fsp3) is 0.733. The predicted octanol–water partition coefficient (Wildman–Crippen LogP) is 1.98. The molecule has 0 saturated carbocycles. The number of alkyl halides is 3. The number of aromatic nitrogens is 2. The molecule has 144 valence electrons. The van der Waals surface area contributed by atoms with Crippen LogP contribution >= 0.6 is 24.0 Å². The van der Waals surface area contributed by atoms with Gasteiger partial charge in [-0.2, -0.15) is 18.3 Å². The molecule has 0 radical (unpaired) electrons. The standard InChI is InChI=1S/C15H25F3N6.HI/c1-3-19-14(21-9-13-4-6-22-23(13)2)20-8-12-5-7-24(10-12)11-15(16,17)18;/h4,6,12H,3,5,7-11H2,1-2H3,(H2,19,20,21);1H. The molecular weight excluding hydrogens is 448 g/mol. The molecule has 0 spiro atoms. The van der Waals surface area contributed by atoms with Crippen LogP contribution < -0.4 is 10.6 Å². The number of halogens is 4. The van der Waals surface area contributed by atoms with Gasteiger partial charge in [0.25, 0.3) is 0 Å². The maximum Gasteiger partial charge on any atom is 0.401 e. The van der Waals surface area contributed by atoms with E-state index in [9.17, 15) is 13.2 Å². The molecule has 2 N–H and O–H groups in total. The molecule has 1 aromatic rings. The van der Waals surface area contributed by atoms with E-state index >= 15 is 0 Å². The lowest BCUT2D eigenvalue weighted by Gasteiger charge is -2.18. The van der Waals surface area contributed by atoms with Gasteiger partial charge in [0.05, 0.1) is 18.8 Å². The highest BCUT2D eigenvalue weighted by molar-refractivity contribution is 14.0. The molecule has 1 unspecified atom stereocenters. The number of aliphatic imine (C=N–C) groups is 1. The van der Waals surface area contributed by atoms with Crippen LogP contribution in [-0.2, 0) is 13.6 Å². The molecule has 6 nitrogen and oxygen atoms in total. The van der Waals surface area contributed by atoms with Gasteiger partial charge in [-0.3, -0.25) is 9.58 Å². The Morgan fingerprint density at radius 3 is 2.76 bits per heavy atom. The van der Waals surface area contributed by atoms with Crippen molar-refractivity contribution in [3.63, 3.8) is 0 Å². The number of nitrogens with one attached hydrogen (secondary N) is 2. The minimum atomic E-state index is -4.12. The van der Waals surface area contributed by atoms with Gasteiger partial charge < -0.3 is 10.6 Å². The van der Waals surface area contributed by atoms with Gasteiger partial charge in [0, 0.05) is 32.9 Å². The number of nitrogens with zero attached hydrogens (tertiary/aromatic N) is 4. The Morgan fingerprint density at radius 2 is 2.16 bits per heavy atom. The lowest BCUT2D eigenvalue weighted by atomic mass is 10.1. The third-order valence-corrected chi connectivity index (χ3v) is 4.00. The number of aryl methyl sites for hydroxylation is 1. The van der Waals surface area contributed by atoms with Gasteiger partial charge in [0.1, 0.15) is 0 Å². The normalized spacial score (nSPS) is 18.9. The van der Waals surface area contributed by atoms with E-state index in [0.29, 0.717) is 32.1 Å². The molecule has 1 fully saturated rings. The van der Waals surface area contributed by atoms with Crippen LogP contribution in [0.5, 0.6) is 0 Å². The Bertz CT molecular complexity index is 546. The van der Waals surface area contributed by atoms with Crippen LogP contribution in [0.25, 0.3) is 0 Å². The average molecular weight is 474 g/mol. The first-order chi connectivity index (χ1) is 11.4. The van der Waals surface area contributed by atoms with Crippen molar-refractivity contribution in [1.29, 1.82) is 0 Å². The Balaban J connectivity index is 0.00000312. The van der Waals surface area contributed by atoms with E-state index in [0.717, 1.165) is 18.7 Å². The summed E-state index contributed by atoms with van der Waals surface area (Å²) in [5.74, 6) is 0.876. The zero-order valence-electron chi connectivity index (χ0n) is 14.5. The summed E-state index contributed by atoms with van der Waals surface area (Å²) in [7, 11) is 1.86. The fourth-order valence-corrected chi connectivity index (χ4v) is 2.78. The molecule has 1 aromatic heterocycles. The molecule has 1 aliphatic heterocycles. The summed E-state index contributed by atoms with van der Waals surface area (Å²) in [6, 6.07) is 1.90. The average Bonchev–Trinajstić information content (AvgIpc) is 3.09. The molecule has 0 bridgehead atoms. The zero-order chi connectivity index (χ0) is 17.6. The third kappa shape index (κ3) is 7.80. The molecule has 0 amide bonds. The van der Waals surface area contributed by atoms with Crippen LogP contribution in [-0.4, -0.2) is 59.5 Å². The van der Waals surface area contributed by atoms with E-state index in [-0.39, 0.29) is 29.9 Å². The summed E-state index contributed by atoms with van der Waals surface area (Å²) in [4.78, 5) is 5.96. The highest BCUT2D eigenvalue weighted by Gasteiger charge is 2.34. The van der Waals surface area contributed by atoms with Crippen LogP contribution in [0.1, 0.15) is 19.0 Å². The van der Waals surface area contributed by atoms with Crippen LogP contribution in [0.15, 0.2) is 17.3 Å². The van der Waals surface area contributed by atoms with Crippen molar-refractivity contribution in [1.82, 2.24) is 25.3 Å². The van der Waals surface area contributed by atoms with Gasteiger partial charge >= 0.3 is 6.18 Å². The molecule has 2 rings (SSSR count).